The number of carbonyl (C=O) groups is 2. The number of halogens is 3. The molecule has 1 atom stereocenters. The zero-order valence-electron chi connectivity index (χ0n) is 23.5. The largest absolute Gasteiger partial charge is 0.481 e. The minimum absolute atomic E-state index is 0.0264. The molecule has 4 aromatic rings. The van der Waals surface area contributed by atoms with E-state index in [-0.39, 0.29) is 30.6 Å². The predicted octanol–water partition coefficient (Wildman–Crippen LogP) is 7.40. The monoisotopic (exact) mass is 570 g/mol. The summed E-state index contributed by atoms with van der Waals surface area (Å²) in [6.45, 7) is 3.20. The number of hydrogen-bond donors (Lipinski definition) is 0. The molecule has 0 spiro atoms. The van der Waals surface area contributed by atoms with Crippen LogP contribution in [0.5, 0.6) is 5.88 Å². The highest BCUT2D eigenvalue weighted by molar-refractivity contribution is 5.96. The summed E-state index contributed by atoms with van der Waals surface area (Å²) >= 11 is 0. The molecule has 2 aromatic heterocycles. The van der Waals surface area contributed by atoms with E-state index in [1.165, 1.54) is 31.2 Å². The number of Topliss-reactive ketones (excluding diaryl/α,β-unsaturated/α-hetero) is 2. The molecule has 2 aromatic carbocycles. The summed E-state index contributed by atoms with van der Waals surface area (Å²) in [4.78, 5) is 34.8. The standard InChI is InChI=1S/C34H29F3N2O3/c1-19-11-23-6-7-24(32(23)39-34(19)42-3)15-28(41)16-25(12-21-13-26(35)18-27(36)14-21)33-29(5-4-10-38-33)22-8-9-31(37)30(17-22)20(2)40/h4-5,7-11,13-14,17-18,25H,6,12,15-16H2,1-3H3/t25-/m1/s1. The Bertz CT molecular complexity index is 1710. The van der Waals surface area contributed by atoms with E-state index in [1.807, 2.05) is 19.1 Å². The molecule has 1 aliphatic rings. The Balaban J connectivity index is 1.50. The van der Waals surface area contributed by atoms with Crippen LogP contribution < -0.4 is 4.74 Å². The first-order valence-electron chi connectivity index (χ1n) is 13.6. The SMILES string of the molecule is COc1nc2c(cc1C)CC=C2CC(=O)C[C@@H](Cc1cc(F)cc(F)c1)c1ncccc1-c1ccc(F)c(C(C)=O)c1. The normalized spacial score (nSPS) is 13.0. The quantitative estimate of drug-likeness (QED) is 0.186. The molecule has 2 heterocycles. The van der Waals surface area contributed by atoms with Gasteiger partial charge in [0.25, 0.3) is 0 Å². The van der Waals surface area contributed by atoms with Crippen molar-refractivity contribution in [3.8, 4) is 17.0 Å². The Morgan fingerprint density at radius 2 is 1.79 bits per heavy atom. The van der Waals surface area contributed by atoms with Gasteiger partial charge in [0.15, 0.2) is 5.78 Å². The van der Waals surface area contributed by atoms with Crippen LogP contribution in [0.25, 0.3) is 16.7 Å². The average Bonchev–Trinajstić information content (AvgIpc) is 3.32. The summed E-state index contributed by atoms with van der Waals surface area (Å²) in [7, 11) is 1.55. The van der Waals surface area contributed by atoms with E-state index in [4.69, 9.17) is 4.74 Å². The lowest BCUT2D eigenvalue weighted by Gasteiger charge is -2.20. The van der Waals surface area contributed by atoms with Gasteiger partial charge in [-0.2, -0.15) is 0 Å². The number of nitrogens with zero attached hydrogens (tertiary/aromatic N) is 2. The summed E-state index contributed by atoms with van der Waals surface area (Å²) in [6, 6.07) is 13.0. The summed E-state index contributed by atoms with van der Waals surface area (Å²) in [5.74, 6) is -2.66. The molecule has 0 bridgehead atoms. The molecule has 0 saturated heterocycles. The van der Waals surface area contributed by atoms with E-state index >= 15 is 0 Å². The average molecular weight is 571 g/mol. The van der Waals surface area contributed by atoms with E-state index < -0.39 is 29.2 Å². The fraction of sp³-hybridized carbons (Fsp3) is 0.235. The number of fused-ring (bicyclic) bond motifs is 1. The Morgan fingerprint density at radius 3 is 2.50 bits per heavy atom. The first-order chi connectivity index (χ1) is 20.1. The van der Waals surface area contributed by atoms with Crippen LogP contribution in [-0.2, 0) is 17.6 Å². The number of rotatable bonds is 10. The Labute approximate surface area is 242 Å². The van der Waals surface area contributed by atoms with Crippen molar-refractivity contribution in [3.05, 3.63) is 118 Å². The van der Waals surface area contributed by atoms with Gasteiger partial charge in [0.2, 0.25) is 5.88 Å². The molecule has 0 saturated carbocycles. The number of ketones is 2. The number of methoxy groups -OCH3 is 1. The fourth-order valence-electron chi connectivity index (χ4n) is 5.57. The molecule has 5 rings (SSSR count). The van der Waals surface area contributed by atoms with Gasteiger partial charge >= 0.3 is 0 Å². The van der Waals surface area contributed by atoms with E-state index in [9.17, 15) is 22.8 Å². The predicted molar refractivity (Wildman–Crippen MR) is 154 cm³/mol. The molecule has 0 unspecified atom stereocenters. The van der Waals surface area contributed by atoms with Crippen molar-refractivity contribution >= 4 is 17.1 Å². The van der Waals surface area contributed by atoms with Crippen molar-refractivity contribution in [3.63, 3.8) is 0 Å². The highest BCUT2D eigenvalue weighted by Gasteiger charge is 2.26. The maximum atomic E-state index is 14.3. The number of hydrogen-bond acceptors (Lipinski definition) is 5. The smallest absolute Gasteiger partial charge is 0.216 e. The first-order valence-corrected chi connectivity index (χ1v) is 13.6. The molecule has 8 heteroatoms. The highest BCUT2D eigenvalue weighted by atomic mass is 19.1. The number of ether oxygens (including phenoxy) is 1. The lowest BCUT2D eigenvalue weighted by molar-refractivity contribution is -0.118. The van der Waals surface area contributed by atoms with E-state index in [0.29, 0.717) is 34.7 Å². The van der Waals surface area contributed by atoms with Crippen molar-refractivity contribution in [1.82, 2.24) is 9.97 Å². The highest BCUT2D eigenvalue weighted by Crippen LogP contribution is 2.36. The Hall–Kier alpha value is -4.59. The van der Waals surface area contributed by atoms with Crippen LogP contribution in [0.2, 0.25) is 0 Å². The van der Waals surface area contributed by atoms with Crippen molar-refractivity contribution in [2.24, 2.45) is 0 Å². The molecule has 0 N–H and O–H groups in total. The van der Waals surface area contributed by atoms with Crippen LogP contribution in [0.1, 0.15) is 64.1 Å². The van der Waals surface area contributed by atoms with Gasteiger partial charge in [-0.25, -0.2) is 18.2 Å². The second-order valence-corrected chi connectivity index (χ2v) is 10.5. The van der Waals surface area contributed by atoms with Crippen LogP contribution in [0.3, 0.4) is 0 Å². The number of allylic oxidation sites excluding steroid dienone is 2. The molecular formula is C34H29F3N2O3. The van der Waals surface area contributed by atoms with Crippen LogP contribution in [-0.4, -0.2) is 28.6 Å². The molecule has 0 aliphatic heterocycles. The second-order valence-electron chi connectivity index (χ2n) is 10.5. The van der Waals surface area contributed by atoms with Crippen LogP contribution in [0.4, 0.5) is 13.2 Å². The maximum Gasteiger partial charge on any atom is 0.216 e. The topological polar surface area (TPSA) is 69.2 Å². The van der Waals surface area contributed by atoms with E-state index in [2.05, 4.69) is 9.97 Å². The lowest BCUT2D eigenvalue weighted by Crippen LogP contribution is -2.14. The number of aromatic nitrogens is 2. The molecule has 0 fully saturated rings. The third-order valence-corrected chi connectivity index (χ3v) is 7.46. The number of aryl methyl sites for hydroxylation is 1. The minimum Gasteiger partial charge on any atom is -0.481 e. The van der Waals surface area contributed by atoms with Gasteiger partial charge in [-0.1, -0.05) is 18.2 Å². The van der Waals surface area contributed by atoms with Crippen molar-refractivity contribution in [2.75, 3.05) is 7.11 Å². The van der Waals surface area contributed by atoms with Gasteiger partial charge in [0.05, 0.1) is 24.1 Å². The lowest BCUT2D eigenvalue weighted by atomic mass is 9.85. The van der Waals surface area contributed by atoms with Crippen molar-refractivity contribution in [2.45, 2.75) is 45.4 Å². The third-order valence-electron chi connectivity index (χ3n) is 7.46. The number of carbonyl (C=O) groups excluding carboxylic acids is 2. The minimum atomic E-state index is -0.719. The van der Waals surface area contributed by atoms with Gasteiger partial charge in [0, 0.05) is 42.1 Å². The van der Waals surface area contributed by atoms with Gasteiger partial charge in [-0.05, 0) is 85.4 Å². The first kappa shape index (κ1) is 28.9. The summed E-state index contributed by atoms with van der Waals surface area (Å²) in [6.07, 6.45) is 4.50. The Kier molecular flexibility index (Phi) is 8.34. The van der Waals surface area contributed by atoms with E-state index in [1.54, 1.807) is 31.5 Å². The summed E-state index contributed by atoms with van der Waals surface area (Å²) < 4.78 is 48.0. The summed E-state index contributed by atoms with van der Waals surface area (Å²) in [5.41, 5.74) is 5.43. The van der Waals surface area contributed by atoms with Crippen molar-refractivity contribution in [1.29, 1.82) is 0 Å². The van der Waals surface area contributed by atoms with Crippen molar-refractivity contribution < 1.29 is 27.5 Å². The molecule has 0 radical (unpaired) electrons. The molecule has 1 aliphatic carbocycles. The number of pyridine rings is 2. The van der Waals surface area contributed by atoms with Gasteiger partial charge < -0.3 is 4.74 Å². The molecular weight excluding hydrogens is 541 g/mol. The van der Waals surface area contributed by atoms with E-state index in [0.717, 1.165) is 28.5 Å². The molecule has 5 nitrogen and oxygen atoms in total. The van der Waals surface area contributed by atoms with Gasteiger partial charge in [0.1, 0.15) is 23.2 Å². The second kappa shape index (κ2) is 12.1. The Morgan fingerprint density at radius 1 is 1.02 bits per heavy atom. The molecule has 0 amide bonds. The molecule has 214 valence electrons. The third kappa shape index (κ3) is 6.17. The zero-order valence-corrected chi connectivity index (χ0v) is 23.5. The van der Waals surface area contributed by atoms with Gasteiger partial charge in [-0.3, -0.25) is 14.6 Å². The molecule has 42 heavy (non-hydrogen) atoms. The maximum absolute atomic E-state index is 14.3. The van der Waals surface area contributed by atoms with Crippen LogP contribution >= 0.6 is 0 Å². The zero-order chi connectivity index (χ0) is 30.0. The summed E-state index contributed by atoms with van der Waals surface area (Å²) in [5, 5.41) is 0. The van der Waals surface area contributed by atoms with Crippen LogP contribution in [0.15, 0.2) is 66.9 Å². The number of benzene rings is 2. The van der Waals surface area contributed by atoms with Crippen LogP contribution in [0, 0.1) is 24.4 Å². The van der Waals surface area contributed by atoms with Gasteiger partial charge in [-0.15, -0.1) is 0 Å². The fourth-order valence-corrected chi connectivity index (χ4v) is 5.57.